The second kappa shape index (κ2) is 17.5. The Labute approximate surface area is 278 Å². The molecule has 4 saturated heterocycles. The first-order valence-corrected chi connectivity index (χ1v) is 15.5. The highest BCUT2D eigenvalue weighted by molar-refractivity contribution is 5.73. The fourth-order valence-electron chi connectivity index (χ4n) is 5.97. The van der Waals surface area contributed by atoms with Gasteiger partial charge in [0.15, 0.2) is 25.2 Å². The Bertz CT molecular complexity index is 1050. The van der Waals surface area contributed by atoms with Crippen LogP contribution in [0.4, 0.5) is 0 Å². The van der Waals surface area contributed by atoms with E-state index in [2.05, 4.69) is 5.32 Å². The van der Waals surface area contributed by atoms with E-state index in [-0.39, 0.29) is 6.61 Å². The van der Waals surface area contributed by atoms with Crippen LogP contribution in [0.5, 0.6) is 0 Å². The number of hydrogen-bond donors (Lipinski definition) is 13. The first-order valence-electron chi connectivity index (χ1n) is 15.5. The summed E-state index contributed by atoms with van der Waals surface area (Å²) in [6.45, 7) is -1.47. The number of aliphatic hydroxyl groups excluding tert-OH is 12. The van der Waals surface area contributed by atoms with E-state index in [9.17, 15) is 66.1 Å². The summed E-state index contributed by atoms with van der Waals surface area (Å²) >= 11 is 0. The maximum Gasteiger partial charge on any atom is 0.217 e. The third kappa shape index (κ3) is 8.83. The second-order valence-corrected chi connectivity index (χ2v) is 12.2. The molecular weight excluding hydrogens is 674 g/mol. The quantitative estimate of drug-likeness (QED) is 0.0889. The minimum absolute atomic E-state index is 0.189. The molecule has 49 heavy (non-hydrogen) atoms. The molecule has 4 heterocycles. The van der Waals surface area contributed by atoms with Gasteiger partial charge in [-0.25, -0.2) is 0 Å². The van der Waals surface area contributed by atoms with Crippen molar-refractivity contribution in [3.63, 3.8) is 0 Å². The smallest absolute Gasteiger partial charge is 0.217 e. The predicted octanol–water partition coefficient (Wildman–Crippen LogP) is -8.95. The van der Waals surface area contributed by atoms with Gasteiger partial charge in [-0.15, -0.1) is 0 Å². The van der Waals surface area contributed by atoms with Gasteiger partial charge in [0, 0.05) is 14.0 Å². The number of aliphatic hydroxyl groups is 12. The van der Waals surface area contributed by atoms with Crippen molar-refractivity contribution in [3.8, 4) is 0 Å². The third-order valence-corrected chi connectivity index (χ3v) is 8.74. The zero-order valence-electron chi connectivity index (χ0n) is 26.4. The van der Waals surface area contributed by atoms with E-state index < -0.39 is 148 Å². The number of rotatable bonds is 12. The summed E-state index contributed by atoms with van der Waals surface area (Å²) in [7, 11) is 1.31. The first-order chi connectivity index (χ1) is 23.1. The van der Waals surface area contributed by atoms with E-state index in [1.165, 1.54) is 7.11 Å². The second-order valence-electron chi connectivity index (χ2n) is 12.2. The van der Waals surface area contributed by atoms with Crippen molar-refractivity contribution in [2.45, 2.75) is 130 Å². The van der Waals surface area contributed by atoms with Gasteiger partial charge < -0.3 is 104 Å². The molecule has 0 aromatic rings. The van der Waals surface area contributed by atoms with Crippen LogP contribution in [0.3, 0.4) is 0 Å². The molecule has 286 valence electrons. The van der Waals surface area contributed by atoms with Gasteiger partial charge >= 0.3 is 0 Å². The lowest BCUT2D eigenvalue weighted by Gasteiger charge is -2.49. The van der Waals surface area contributed by atoms with Gasteiger partial charge in [0.1, 0.15) is 97.6 Å². The van der Waals surface area contributed by atoms with Crippen LogP contribution in [0.1, 0.15) is 6.92 Å². The van der Waals surface area contributed by atoms with Crippen LogP contribution in [0.25, 0.3) is 0 Å². The molecule has 22 nitrogen and oxygen atoms in total. The average Bonchev–Trinajstić information content (AvgIpc) is 3.07. The van der Waals surface area contributed by atoms with Crippen molar-refractivity contribution in [3.05, 3.63) is 0 Å². The van der Waals surface area contributed by atoms with E-state index in [4.69, 9.17) is 37.9 Å². The molecule has 4 aliphatic heterocycles. The first kappa shape index (κ1) is 40.4. The monoisotopic (exact) mass is 721 g/mol. The van der Waals surface area contributed by atoms with Gasteiger partial charge in [0.25, 0.3) is 0 Å². The van der Waals surface area contributed by atoms with Gasteiger partial charge in [-0.1, -0.05) is 0 Å². The van der Waals surface area contributed by atoms with Gasteiger partial charge in [-0.2, -0.15) is 0 Å². The Balaban J connectivity index is 1.53. The summed E-state index contributed by atoms with van der Waals surface area (Å²) < 4.78 is 43.8. The fourth-order valence-corrected chi connectivity index (χ4v) is 5.97. The normalized spacial score (nSPS) is 49.4. The van der Waals surface area contributed by atoms with Crippen LogP contribution in [0.15, 0.2) is 0 Å². The molecule has 0 radical (unpaired) electrons. The number of nitrogens with one attached hydrogen (secondary N) is 1. The van der Waals surface area contributed by atoms with E-state index in [0.717, 1.165) is 6.92 Å². The third-order valence-electron chi connectivity index (χ3n) is 8.74. The minimum Gasteiger partial charge on any atom is -0.394 e. The fraction of sp³-hybridized carbons (Fsp3) is 0.963. The highest BCUT2D eigenvalue weighted by atomic mass is 16.8. The molecule has 0 saturated carbocycles. The van der Waals surface area contributed by atoms with Crippen LogP contribution in [0, 0.1) is 0 Å². The SMILES string of the molecule is COC[C@H]1O[C@H](OC[C@H]2OC(O)[C@@H](O)[C@@H](O[C@H]3O[C@H](CO)[C@@H](O)[C@H](O)[C@@H]3O[C@@H]3O[C@H](CO)[C@@H](O)[C@H](O)[C@H]3NC(C)=O)[C@@H]2O)[C@@H](O)[C@@H](O)[C@@H]1O. The number of ether oxygens (including phenoxy) is 8. The van der Waals surface area contributed by atoms with E-state index in [1.807, 2.05) is 0 Å². The summed E-state index contributed by atoms with van der Waals surface area (Å²) in [4.78, 5) is 11.9. The number of amides is 1. The van der Waals surface area contributed by atoms with Crippen LogP contribution in [0.2, 0.25) is 0 Å². The van der Waals surface area contributed by atoms with Gasteiger partial charge in [-0.05, 0) is 0 Å². The molecule has 13 N–H and O–H groups in total. The van der Waals surface area contributed by atoms with E-state index >= 15 is 0 Å². The summed E-state index contributed by atoms with van der Waals surface area (Å²) in [5.74, 6) is -0.703. The van der Waals surface area contributed by atoms with Crippen molar-refractivity contribution in [1.82, 2.24) is 5.32 Å². The Morgan fingerprint density at radius 3 is 1.69 bits per heavy atom. The summed E-state index contributed by atoms with van der Waals surface area (Å²) in [5.41, 5.74) is 0. The lowest BCUT2D eigenvalue weighted by molar-refractivity contribution is -0.383. The zero-order valence-corrected chi connectivity index (χ0v) is 26.4. The summed E-state index contributed by atoms with van der Waals surface area (Å²) in [6, 6.07) is -1.51. The molecule has 22 heteroatoms. The zero-order chi connectivity index (χ0) is 36.3. The Morgan fingerprint density at radius 1 is 0.571 bits per heavy atom. The van der Waals surface area contributed by atoms with E-state index in [0.29, 0.717) is 0 Å². The molecule has 4 fully saturated rings. The molecule has 1 unspecified atom stereocenters. The highest BCUT2D eigenvalue weighted by Crippen LogP contribution is 2.33. The topological polar surface area (TPSA) is 346 Å². The van der Waals surface area contributed by atoms with Crippen molar-refractivity contribution < 1.29 is 104 Å². The number of methoxy groups -OCH3 is 1. The lowest BCUT2D eigenvalue weighted by atomic mass is 9.95. The Kier molecular flexibility index (Phi) is 14.4. The number of hydrogen-bond acceptors (Lipinski definition) is 21. The highest BCUT2D eigenvalue weighted by Gasteiger charge is 2.54. The molecule has 0 spiro atoms. The largest absolute Gasteiger partial charge is 0.394 e. The standard InChI is InChI=1S/C27H47NO21/c1-7(31)28-12-17(36)13(32)8(3-29)45-25(12)49-23-19(38)14(33)9(4-30)46-27(23)48-22-16(35)11(44-24(41)21(22)40)6-43-26-20(39)18(37)15(34)10(47-26)5-42-2/h8-27,29-30,32-41H,3-6H2,1-2H3,(H,28,31)/t8-,9-,10-,11-,12-,13-,14-,15-,16-,17-,18+,19+,20+,21+,22+,23+,24?,25+,26+,27-/m1/s1. The van der Waals surface area contributed by atoms with Gasteiger partial charge in [0.05, 0.1) is 26.4 Å². The van der Waals surface area contributed by atoms with Crippen molar-refractivity contribution in [2.24, 2.45) is 0 Å². The van der Waals surface area contributed by atoms with Crippen molar-refractivity contribution >= 4 is 5.91 Å². The summed E-state index contributed by atoms with van der Waals surface area (Å²) in [6.07, 6.45) is -32.8. The summed E-state index contributed by atoms with van der Waals surface area (Å²) in [5, 5.41) is 127. The van der Waals surface area contributed by atoms with Crippen molar-refractivity contribution in [1.29, 1.82) is 0 Å². The molecule has 0 aromatic heterocycles. The van der Waals surface area contributed by atoms with Gasteiger partial charge in [-0.3, -0.25) is 4.79 Å². The minimum atomic E-state index is -2.05. The maximum absolute atomic E-state index is 11.9. The molecule has 0 aliphatic carbocycles. The number of carbonyl (C=O) groups excluding carboxylic acids is 1. The molecular formula is C27H47NO21. The van der Waals surface area contributed by atoms with E-state index in [1.54, 1.807) is 0 Å². The molecule has 4 rings (SSSR count). The molecule has 0 aromatic carbocycles. The predicted molar refractivity (Wildman–Crippen MR) is 150 cm³/mol. The van der Waals surface area contributed by atoms with Crippen LogP contribution >= 0.6 is 0 Å². The molecule has 0 bridgehead atoms. The van der Waals surface area contributed by atoms with Gasteiger partial charge in [0.2, 0.25) is 5.91 Å². The lowest BCUT2D eigenvalue weighted by Crippen LogP contribution is -2.68. The van der Waals surface area contributed by atoms with Crippen LogP contribution in [-0.2, 0) is 42.7 Å². The maximum atomic E-state index is 11.9. The number of carbonyl (C=O) groups is 1. The molecule has 20 atom stereocenters. The molecule has 1 amide bonds. The van der Waals surface area contributed by atoms with Crippen LogP contribution in [-0.4, -0.2) is 223 Å². The van der Waals surface area contributed by atoms with Crippen molar-refractivity contribution in [2.75, 3.05) is 33.5 Å². The molecule has 4 aliphatic rings. The van der Waals surface area contributed by atoms with Crippen LogP contribution < -0.4 is 5.32 Å². The Hall–Kier alpha value is -1.33. The Morgan fingerprint density at radius 2 is 1.10 bits per heavy atom. The average molecular weight is 722 g/mol.